The van der Waals surface area contributed by atoms with E-state index in [0.717, 1.165) is 0 Å². The van der Waals surface area contributed by atoms with E-state index >= 15 is 0 Å². The van der Waals surface area contributed by atoms with Crippen LogP contribution in [0.3, 0.4) is 0 Å². The topological polar surface area (TPSA) is 29.1 Å². The molecule has 0 aromatic heterocycles. The second-order valence-electron chi connectivity index (χ2n) is 2.48. The number of carbonyl (C=O) groups is 1. The Morgan fingerprint density at radius 2 is 1.50 bits per heavy atom. The molecule has 0 spiro atoms. The van der Waals surface area contributed by atoms with Crippen LogP contribution >= 0.6 is 0 Å². The third-order valence-electron chi connectivity index (χ3n) is 0.771. The smallest absolute Gasteiger partial charge is 0.222 e. The average molecular weight is 175 g/mol. The highest BCUT2D eigenvalue weighted by Crippen LogP contribution is 1.87. The molecule has 2 nitrogen and oxygen atoms in total. The molecule has 0 aliphatic rings. The largest absolute Gasteiger partial charge is 0.359 e. The van der Waals surface area contributed by atoms with Crippen LogP contribution in [0.2, 0.25) is 0 Å². The average Bonchev–Trinajstić information content (AvgIpc) is 2.08. The molecular formula is C10H25NO. The van der Waals surface area contributed by atoms with E-state index in [9.17, 15) is 4.79 Å². The third-order valence-corrected chi connectivity index (χ3v) is 0.771. The summed E-state index contributed by atoms with van der Waals surface area (Å²) in [5.74, 6) is 0.213. The molecule has 0 fully saturated rings. The van der Waals surface area contributed by atoms with Gasteiger partial charge in [-0.15, -0.1) is 0 Å². The van der Waals surface area contributed by atoms with Crippen LogP contribution in [-0.4, -0.2) is 13.0 Å². The van der Waals surface area contributed by atoms with Crippen molar-refractivity contribution < 1.29 is 4.79 Å². The number of nitrogens with one attached hydrogen (secondary N) is 1. The van der Waals surface area contributed by atoms with Crippen LogP contribution in [0.4, 0.5) is 0 Å². The zero-order chi connectivity index (χ0) is 10.6. The van der Waals surface area contributed by atoms with Crippen LogP contribution in [0.5, 0.6) is 0 Å². The molecule has 0 aliphatic heterocycles. The number of hydrogen-bond donors (Lipinski definition) is 1. The van der Waals surface area contributed by atoms with Crippen molar-refractivity contribution in [3.8, 4) is 0 Å². The van der Waals surface area contributed by atoms with E-state index in [1.165, 1.54) is 6.42 Å². The van der Waals surface area contributed by atoms with Crippen molar-refractivity contribution in [2.24, 2.45) is 5.92 Å². The maximum atomic E-state index is 10.4. The van der Waals surface area contributed by atoms with Gasteiger partial charge in [0, 0.05) is 13.0 Å². The third kappa shape index (κ3) is 22.7. The summed E-state index contributed by atoms with van der Waals surface area (Å²) in [5.41, 5.74) is 0. The standard InChI is InChI=1S/C5H11NO.C3H8.C2H6/c1-4(2)5(7)6-3;1-3-2;1-2/h4H,1-3H3,(H,6,7);3H2,1-2H3;1-2H3. The molecule has 0 atom stereocenters. The van der Waals surface area contributed by atoms with Gasteiger partial charge in [0.15, 0.2) is 0 Å². The predicted molar refractivity (Wildman–Crippen MR) is 56.2 cm³/mol. The second kappa shape index (κ2) is 16.8. The van der Waals surface area contributed by atoms with Crippen molar-refractivity contribution >= 4 is 5.91 Å². The van der Waals surface area contributed by atoms with Gasteiger partial charge in [-0.3, -0.25) is 4.79 Å². The lowest BCUT2D eigenvalue weighted by molar-refractivity contribution is -0.123. The fraction of sp³-hybridized carbons (Fsp3) is 0.900. The van der Waals surface area contributed by atoms with Gasteiger partial charge < -0.3 is 5.32 Å². The number of carbonyl (C=O) groups excluding carboxylic acids is 1. The molecule has 0 aromatic carbocycles. The SMILES string of the molecule is CC.CCC.CNC(=O)C(C)C. The molecule has 0 bridgehead atoms. The van der Waals surface area contributed by atoms with Crippen molar-refractivity contribution in [3.63, 3.8) is 0 Å². The van der Waals surface area contributed by atoms with Gasteiger partial charge in [-0.25, -0.2) is 0 Å². The van der Waals surface area contributed by atoms with Crippen molar-refractivity contribution in [1.29, 1.82) is 0 Å². The maximum Gasteiger partial charge on any atom is 0.222 e. The van der Waals surface area contributed by atoms with Gasteiger partial charge in [0.25, 0.3) is 0 Å². The highest BCUT2D eigenvalue weighted by atomic mass is 16.1. The molecule has 0 heterocycles. The zero-order valence-corrected chi connectivity index (χ0v) is 9.69. The Morgan fingerprint density at radius 3 is 1.50 bits per heavy atom. The molecule has 0 aliphatic carbocycles. The maximum absolute atomic E-state index is 10.4. The van der Waals surface area contributed by atoms with Crippen LogP contribution in [0.15, 0.2) is 0 Å². The summed E-state index contributed by atoms with van der Waals surface area (Å²) >= 11 is 0. The number of hydrogen-bond acceptors (Lipinski definition) is 1. The lowest BCUT2D eigenvalue weighted by Gasteiger charge is -1.98. The van der Waals surface area contributed by atoms with Gasteiger partial charge >= 0.3 is 0 Å². The Balaban J connectivity index is -0.000000137. The summed E-state index contributed by atoms with van der Waals surface area (Å²) in [6.07, 6.45) is 1.25. The van der Waals surface area contributed by atoms with Gasteiger partial charge in [0.2, 0.25) is 5.91 Å². The summed E-state index contributed by atoms with van der Waals surface area (Å²) in [6, 6.07) is 0. The number of amides is 1. The Hall–Kier alpha value is -0.530. The lowest BCUT2D eigenvalue weighted by Crippen LogP contribution is -2.22. The van der Waals surface area contributed by atoms with E-state index in [2.05, 4.69) is 19.2 Å². The quantitative estimate of drug-likeness (QED) is 0.652. The fourth-order valence-electron chi connectivity index (χ4n) is 0.289. The summed E-state index contributed by atoms with van der Waals surface area (Å²) in [4.78, 5) is 10.4. The minimum atomic E-state index is 0.0972. The molecule has 12 heavy (non-hydrogen) atoms. The molecule has 0 aromatic rings. The van der Waals surface area contributed by atoms with E-state index < -0.39 is 0 Å². The first-order valence-corrected chi connectivity index (χ1v) is 4.81. The molecule has 0 radical (unpaired) electrons. The van der Waals surface area contributed by atoms with E-state index in [1.807, 2.05) is 27.7 Å². The molecule has 2 heteroatoms. The van der Waals surface area contributed by atoms with Gasteiger partial charge in [0.05, 0.1) is 0 Å². The molecule has 0 rings (SSSR count). The van der Waals surface area contributed by atoms with Gasteiger partial charge in [-0.05, 0) is 0 Å². The van der Waals surface area contributed by atoms with E-state index in [1.54, 1.807) is 7.05 Å². The van der Waals surface area contributed by atoms with Crippen molar-refractivity contribution in [2.45, 2.75) is 48.0 Å². The van der Waals surface area contributed by atoms with Gasteiger partial charge in [0.1, 0.15) is 0 Å². The van der Waals surface area contributed by atoms with Crippen molar-refractivity contribution in [2.75, 3.05) is 7.05 Å². The van der Waals surface area contributed by atoms with Crippen molar-refractivity contribution in [1.82, 2.24) is 5.32 Å². The number of rotatable bonds is 1. The van der Waals surface area contributed by atoms with Crippen LogP contribution in [0.1, 0.15) is 48.0 Å². The summed E-state index contributed by atoms with van der Waals surface area (Å²) in [5, 5.41) is 2.53. The molecule has 0 unspecified atom stereocenters. The zero-order valence-electron chi connectivity index (χ0n) is 9.69. The van der Waals surface area contributed by atoms with Crippen molar-refractivity contribution in [3.05, 3.63) is 0 Å². The van der Waals surface area contributed by atoms with E-state index in [-0.39, 0.29) is 11.8 Å². The fourth-order valence-corrected chi connectivity index (χ4v) is 0.289. The molecule has 0 saturated heterocycles. The summed E-state index contributed by atoms with van der Waals surface area (Å²) < 4.78 is 0. The van der Waals surface area contributed by atoms with E-state index in [4.69, 9.17) is 0 Å². The molecular weight excluding hydrogens is 150 g/mol. The predicted octanol–water partition coefficient (Wildman–Crippen LogP) is 2.83. The molecule has 1 amide bonds. The first-order valence-electron chi connectivity index (χ1n) is 4.81. The minimum Gasteiger partial charge on any atom is -0.359 e. The Bertz CT molecular complexity index is 79.9. The molecule has 0 saturated carbocycles. The Kier molecular flexibility index (Phi) is 24.6. The van der Waals surface area contributed by atoms with Crippen LogP contribution in [0, 0.1) is 5.92 Å². The summed E-state index contributed by atoms with van der Waals surface area (Å²) in [7, 11) is 1.64. The highest BCUT2D eigenvalue weighted by Gasteiger charge is 2.00. The van der Waals surface area contributed by atoms with Crippen LogP contribution in [0.25, 0.3) is 0 Å². The second-order valence-corrected chi connectivity index (χ2v) is 2.48. The van der Waals surface area contributed by atoms with Crippen LogP contribution in [-0.2, 0) is 4.79 Å². The Morgan fingerprint density at radius 1 is 1.25 bits per heavy atom. The van der Waals surface area contributed by atoms with E-state index in [0.29, 0.717) is 0 Å². The van der Waals surface area contributed by atoms with Gasteiger partial charge in [-0.1, -0.05) is 48.0 Å². The first kappa shape index (κ1) is 17.5. The molecule has 76 valence electrons. The lowest BCUT2D eigenvalue weighted by atomic mass is 10.2. The summed E-state index contributed by atoms with van der Waals surface area (Å²) in [6.45, 7) is 12.0. The van der Waals surface area contributed by atoms with Gasteiger partial charge in [-0.2, -0.15) is 0 Å². The normalized spacial score (nSPS) is 7.33. The first-order chi connectivity index (χ1) is 5.59. The minimum absolute atomic E-state index is 0.0972. The monoisotopic (exact) mass is 175 g/mol. The Labute approximate surface area is 77.7 Å². The molecule has 1 N–H and O–H groups in total. The highest BCUT2D eigenvalue weighted by molar-refractivity contribution is 5.77. The van der Waals surface area contributed by atoms with Crippen LogP contribution < -0.4 is 5.32 Å².